The van der Waals surface area contributed by atoms with Gasteiger partial charge in [-0.05, 0) is 37.0 Å². The van der Waals surface area contributed by atoms with Crippen molar-refractivity contribution < 1.29 is 0 Å². The zero-order valence-corrected chi connectivity index (χ0v) is 12.1. The summed E-state index contributed by atoms with van der Waals surface area (Å²) in [4.78, 5) is 2.27. The molecule has 1 aliphatic rings. The minimum atomic E-state index is 0.730. The third kappa shape index (κ3) is 3.89. The quantitative estimate of drug-likeness (QED) is 0.807. The summed E-state index contributed by atoms with van der Waals surface area (Å²) in [6.07, 6.45) is 5.07. The highest BCUT2D eigenvalue weighted by atomic mass is 35.5. The van der Waals surface area contributed by atoms with Crippen LogP contribution < -0.4 is 10.2 Å². The molecule has 2 nitrogen and oxygen atoms in total. The van der Waals surface area contributed by atoms with Crippen molar-refractivity contribution in [1.29, 1.82) is 0 Å². The van der Waals surface area contributed by atoms with E-state index < -0.39 is 0 Å². The maximum absolute atomic E-state index is 6.34. The van der Waals surface area contributed by atoms with E-state index in [1.807, 2.05) is 0 Å². The number of nitrogens with one attached hydrogen (secondary N) is 1. The van der Waals surface area contributed by atoms with Gasteiger partial charge in [-0.2, -0.15) is 0 Å². The van der Waals surface area contributed by atoms with E-state index in [1.165, 1.54) is 36.9 Å². The first-order valence-corrected chi connectivity index (χ1v) is 7.31. The predicted octanol–water partition coefficient (Wildman–Crippen LogP) is 3.83. The normalized spacial score (nSPS) is 14.8. The standard InChI is InChI=1S/C15H23ClN2/c1-3-4-9-18(2)14-8-5-12(15(16)10-14)11-17-13-6-7-13/h5,8,10,13,17H,3-4,6-7,9,11H2,1-2H3. The topological polar surface area (TPSA) is 15.3 Å². The molecule has 0 spiro atoms. The third-order valence-electron chi connectivity index (χ3n) is 3.48. The summed E-state index contributed by atoms with van der Waals surface area (Å²) in [7, 11) is 2.13. The lowest BCUT2D eigenvalue weighted by Gasteiger charge is -2.20. The van der Waals surface area contributed by atoms with Gasteiger partial charge in [0.15, 0.2) is 0 Å². The van der Waals surface area contributed by atoms with E-state index in [-0.39, 0.29) is 0 Å². The Labute approximate surface area is 115 Å². The molecule has 1 N–H and O–H groups in total. The summed E-state index contributed by atoms with van der Waals surface area (Å²) in [6, 6.07) is 7.13. The Morgan fingerprint density at radius 3 is 2.78 bits per heavy atom. The highest BCUT2D eigenvalue weighted by Crippen LogP contribution is 2.25. The van der Waals surface area contributed by atoms with Gasteiger partial charge in [0.25, 0.3) is 0 Å². The van der Waals surface area contributed by atoms with Crippen molar-refractivity contribution in [3.63, 3.8) is 0 Å². The van der Waals surface area contributed by atoms with Crippen LogP contribution in [0, 0.1) is 0 Å². The number of hydrogen-bond donors (Lipinski definition) is 1. The molecule has 0 bridgehead atoms. The molecular formula is C15H23ClN2. The summed E-state index contributed by atoms with van der Waals surface area (Å²) in [6.45, 7) is 4.20. The zero-order chi connectivity index (χ0) is 13.0. The van der Waals surface area contributed by atoms with Crippen LogP contribution in [0.4, 0.5) is 5.69 Å². The molecule has 2 rings (SSSR count). The second-order valence-electron chi connectivity index (χ2n) is 5.21. The molecule has 3 heteroatoms. The van der Waals surface area contributed by atoms with Crippen LogP contribution in [0.1, 0.15) is 38.2 Å². The molecule has 0 amide bonds. The molecule has 0 aromatic heterocycles. The number of halogens is 1. The van der Waals surface area contributed by atoms with Gasteiger partial charge in [0, 0.05) is 36.9 Å². The van der Waals surface area contributed by atoms with E-state index in [0.717, 1.165) is 24.2 Å². The first-order valence-electron chi connectivity index (χ1n) is 6.93. The molecule has 0 atom stereocenters. The van der Waals surface area contributed by atoms with Crippen molar-refractivity contribution >= 4 is 17.3 Å². The Morgan fingerprint density at radius 2 is 2.17 bits per heavy atom. The fraction of sp³-hybridized carbons (Fsp3) is 0.600. The van der Waals surface area contributed by atoms with Gasteiger partial charge >= 0.3 is 0 Å². The number of unbranched alkanes of at least 4 members (excludes halogenated alkanes) is 1. The minimum absolute atomic E-state index is 0.730. The van der Waals surface area contributed by atoms with Crippen LogP contribution in [0.15, 0.2) is 18.2 Å². The second-order valence-corrected chi connectivity index (χ2v) is 5.61. The molecule has 0 radical (unpaired) electrons. The average molecular weight is 267 g/mol. The number of rotatable bonds is 7. The maximum Gasteiger partial charge on any atom is 0.0471 e. The van der Waals surface area contributed by atoms with Crippen LogP contribution in [-0.4, -0.2) is 19.6 Å². The fourth-order valence-electron chi connectivity index (χ4n) is 1.98. The van der Waals surface area contributed by atoms with Gasteiger partial charge in [-0.15, -0.1) is 0 Å². The van der Waals surface area contributed by atoms with Crippen molar-refractivity contribution in [3.8, 4) is 0 Å². The molecule has 1 aliphatic carbocycles. The molecule has 0 heterocycles. The lowest BCUT2D eigenvalue weighted by atomic mass is 10.2. The van der Waals surface area contributed by atoms with E-state index in [4.69, 9.17) is 11.6 Å². The molecule has 1 saturated carbocycles. The monoisotopic (exact) mass is 266 g/mol. The Kier molecular flexibility index (Phi) is 4.90. The summed E-state index contributed by atoms with van der Waals surface area (Å²) >= 11 is 6.34. The smallest absolute Gasteiger partial charge is 0.0471 e. The van der Waals surface area contributed by atoms with Crippen LogP contribution in [-0.2, 0) is 6.54 Å². The van der Waals surface area contributed by atoms with Gasteiger partial charge in [-0.25, -0.2) is 0 Å². The SMILES string of the molecule is CCCCN(C)c1ccc(CNC2CC2)c(Cl)c1. The highest BCUT2D eigenvalue weighted by Gasteiger charge is 2.20. The van der Waals surface area contributed by atoms with Crippen LogP contribution >= 0.6 is 11.6 Å². The lowest BCUT2D eigenvalue weighted by molar-refractivity contribution is 0.688. The fourth-order valence-corrected chi connectivity index (χ4v) is 2.22. The van der Waals surface area contributed by atoms with Gasteiger partial charge in [0.05, 0.1) is 0 Å². The van der Waals surface area contributed by atoms with Crippen molar-refractivity contribution in [2.45, 2.75) is 45.2 Å². The van der Waals surface area contributed by atoms with Gasteiger partial charge < -0.3 is 10.2 Å². The zero-order valence-electron chi connectivity index (χ0n) is 11.4. The van der Waals surface area contributed by atoms with Gasteiger partial charge in [-0.3, -0.25) is 0 Å². The Hall–Kier alpha value is -0.730. The lowest BCUT2D eigenvalue weighted by Crippen LogP contribution is -2.19. The van der Waals surface area contributed by atoms with Crippen molar-refractivity contribution in [2.75, 3.05) is 18.5 Å². The third-order valence-corrected chi connectivity index (χ3v) is 3.83. The van der Waals surface area contributed by atoms with Crippen LogP contribution in [0.2, 0.25) is 5.02 Å². The molecule has 100 valence electrons. The van der Waals surface area contributed by atoms with Crippen molar-refractivity contribution in [1.82, 2.24) is 5.32 Å². The second kappa shape index (κ2) is 6.44. The van der Waals surface area contributed by atoms with Crippen molar-refractivity contribution in [2.24, 2.45) is 0 Å². The molecule has 0 unspecified atom stereocenters. The van der Waals surface area contributed by atoms with Crippen LogP contribution in [0.3, 0.4) is 0 Å². The minimum Gasteiger partial charge on any atom is -0.375 e. The molecule has 1 fully saturated rings. The maximum atomic E-state index is 6.34. The molecule has 0 saturated heterocycles. The summed E-state index contributed by atoms with van der Waals surface area (Å²) < 4.78 is 0. The number of hydrogen-bond acceptors (Lipinski definition) is 2. The molecule has 1 aromatic rings. The van der Waals surface area contributed by atoms with E-state index in [9.17, 15) is 0 Å². The van der Waals surface area contributed by atoms with Crippen LogP contribution in [0.25, 0.3) is 0 Å². The van der Waals surface area contributed by atoms with Crippen LogP contribution in [0.5, 0.6) is 0 Å². The first-order chi connectivity index (χ1) is 8.70. The van der Waals surface area contributed by atoms with Gasteiger partial charge in [0.2, 0.25) is 0 Å². The molecule has 0 aliphatic heterocycles. The highest BCUT2D eigenvalue weighted by molar-refractivity contribution is 6.31. The van der Waals surface area contributed by atoms with E-state index in [2.05, 4.69) is 42.4 Å². The first kappa shape index (κ1) is 13.7. The van der Waals surface area contributed by atoms with Gasteiger partial charge in [-0.1, -0.05) is 31.0 Å². The Bertz CT molecular complexity index is 388. The van der Waals surface area contributed by atoms with Crippen molar-refractivity contribution in [3.05, 3.63) is 28.8 Å². The molecular weight excluding hydrogens is 244 g/mol. The average Bonchev–Trinajstić information content (AvgIpc) is 3.18. The predicted molar refractivity (Wildman–Crippen MR) is 79.5 cm³/mol. The largest absolute Gasteiger partial charge is 0.375 e. The summed E-state index contributed by atoms with van der Waals surface area (Å²) in [5.74, 6) is 0. The molecule has 18 heavy (non-hydrogen) atoms. The van der Waals surface area contributed by atoms with E-state index in [1.54, 1.807) is 0 Å². The number of nitrogens with zero attached hydrogens (tertiary/aromatic N) is 1. The number of anilines is 1. The summed E-state index contributed by atoms with van der Waals surface area (Å²) in [5, 5.41) is 4.38. The Balaban J connectivity index is 1.94. The number of benzene rings is 1. The van der Waals surface area contributed by atoms with E-state index in [0.29, 0.717) is 0 Å². The summed E-state index contributed by atoms with van der Waals surface area (Å²) in [5.41, 5.74) is 2.42. The van der Waals surface area contributed by atoms with Gasteiger partial charge in [0.1, 0.15) is 0 Å². The van der Waals surface area contributed by atoms with E-state index >= 15 is 0 Å². The Morgan fingerprint density at radius 1 is 1.39 bits per heavy atom. The molecule has 1 aromatic carbocycles.